The molecule has 7 N–H and O–H groups in total. The fourth-order valence-corrected chi connectivity index (χ4v) is 2.68. The van der Waals surface area contributed by atoms with Crippen molar-refractivity contribution in [1.82, 2.24) is 16.0 Å². The number of carbonyl (C=O) groups excluding carboxylic acids is 3. The third-order valence-electron chi connectivity index (χ3n) is 4.31. The molecule has 170 valence electrons. The number of carbonyl (C=O) groups is 5. The molecule has 0 bridgehead atoms. The van der Waals surface area contributed by atoms with E-state index in [0.29, 0.717) is 0 Å². The molecule has 31 heavy (non-hydrogen) atoms. The van der Waals surface area contributed by atoms with E-state index in [-0.39, 0.29) is 6.42 Å². The number of benzene rings is 1. The molecule has 0 aliphatic rings. The Balaban J connectivity index is 2.84. The first-order valence-electron chi connectivity index (χ1n) is 9.62. The van der Waals surface area contributed by atoms with Crippen LogP contribution in [0.2, 0.25) is 0 Å². The van der Waals surface area contributed by atoms with Gasteiger partial charge in [0.1, 0.15) is 18.6 Å². The summed E-state index contributed by atoms with van der Waals surface area (Å²) in [6.07, 6.45) is -0.544. The van der Waals surface area contributed by atoms with Crippen molar-refractivity contribution in [3.8, 4) is 0 Å². The second-order valence-corrected chi connectivity index (χ2v) is 7.30. The summed E-state index contributed by atoms with van der Waals surface area (Å²) >= 11 is 0. The van der Waals surface area contributed by atoms with Gasteiger partial charge in [-0.25, -0.2) is 0 Å². The Kier molecular flexibility index (Phi) is 10.1. The van der Waals surface area contributed by atoms with Gasteiger partial charge < -0.3 is 31.9 Å². The van der Waals surface area contributed by atoms with Crippen molar-refractivity contribution in [2.24, 2.45) is 11.7 Å². The summed E-state index contributed by atoms with van der Waals surface area (Å²) in [5.41, 5.74) is 6.67. The summed E-state index contributed by atoms with van der Waals surface area (Å²) in [4.78, 5) is 59.1. The quantitative estimate of drug-likeness (QED) is 0.237. The molecule has 0 radical (unpaired) electrons. The summed E-state index contributed by atoms with van der Waals surface area (Å²) in [6, 6.07) is 5.30. The van der Waals surface area contributed by atoms with Crippen molar-refractivity contribution >= 4 is 29.7 Å². The van der Waals surface area contributed by atoms with Crippen molar-refractivity contribution < 1.29 is 34.2 Å². The maximum absolute atomic E-state index is 12.6. The number of amides is 3. The molecule has 0 spiro atoms. The van der Waals surface area contributed by atoms with Crippen LogP contribution in [-0.2, 0) is 30.4 Å². The second-order valence-electron chi connectivity index (χ2n) is 7.30. The largest absolute Gasteiger partial charge is 0.481 e. The van der Waals surface area contributed by atoms with E-state index in [2.05, 4.69) is 16.0 Å². The monoisotopic (exact) mass is 436 g/mol. The number of carboxylic acids is 2. The molecule has 3 unspecified atom stereocenters. The molecule has 1 aromatic rings. The normalized spacial score (nSPS) is 13.5. The van der Waals surface area contributed by atoms with E-state index in [1.807, 2.05) is 0 Å². The fraction of sp³-hybridized carbons (Fsp3) is 0.450. The zero-order valence-electron chi connectivity index (χ0n) is 17.3. The van der Waals surface area contributed by atoms with E-state index in [4.69, 9.17) is 15.9 Å². The molecular weight excluding hydrogens is 408 g/mol. The predicted molar refractivity (Wildman–Crippen MR) is 110 cm³/mol. The molecule has 0 aliphatic carbocycles. The van der Waals surface area contributed by atoms with Crippen molar-refractivity contribution in [3.05, 3.63) is 35.9 Å². The zero-order chi connectivity index (χ0) is 23.6. The van der Waals surface area contributed by atoms with E-state index < -0.39 is 66.7 Å². The Hall–Kier alpha value is -3.47. The zero-order valence-corrected chi connectivity index (χ0v) is 17.3. The van der Waals surface area contributed by atoms with Crippen LogP contribution in [-0.4, -0.2) is 64.5 Å². The molecule has 0 saturated carbocycles. The van der Waals surface area contributed by atoms with E-state index in [1.165, 1.54) is 0 Å². The van der Waals surface area contributed by atoms with Gasteiger partial charge in [-0.3, -0.25) is 24.0 Å². The lowest BCUT2D eigenvalue weighted by Gasteiger charge is -2.25. The van der Waals surface area contributed by atoms with Crippen LogP contribution >= 0.6 is 0 Å². The van der Waals surface area contributed by atoms with Gasteiger partial charge in [0.05, 0.1) is 12.5 Å². The number of hydrogen-bond donors (Lipinski definition) is 6. The highest BCUT2D eigenvalue weighted by atomic mass is 16.4. The minimum atomic E-state index is -1.47. The summed E-state index contributed by atoms with van der Waals surface area (Å²) in [7, 11) is 0. The molecule has 0 heterocycles. The van der Waals surface area contributed by atoms with Gasteiger partial charge in [-0.1, -0.05) is 44.2 Å². The Labute approximate surface area is 179 Å². The van der Waals surface area contributed by atoms with E-state index in [9.17, 15) is 24.0 Å². The van der Waals surface area contributed by atoms with Crippen LogP contribution in [0.5, 0.6) is 0 Å². The average molecular weight is 436 g/mol. The maximum atomic E-state index is 12.6. The molecule has 0 aromatic heterocycles. The Morgan fingerprint density at radius 1 is 0.903 bits per heavy atom. The number of aliphatic carboxylic acids is 2. The van der Waals surface area contributed by atoms with Crippen LogP contribution in [0.25, 0.3) is 0 Å². The van der Waals surface area contributed by atoms with Gasteiger partial charge in [-0.05, 0) is 17.9 Å². The highest BCUT2D eigenvalue weighted by Gasteiger charge is 2.31. The Bertz CT molecular complexity index is 798. The van der Waals surface area contributed by atoms with Crippen LogP contribution in [0.1, 0.15) is 25.8 Å². The van der Waals surface area contributed by atoms with Gasteiger partial charge in [-0.15, -0.1) is 0 Å². The van der Waals surface area contributed by atoms with Crippen molar-refractivity contribution in [2.75, 3.05) is 6.54 Å². The number of carboxylic acid groups (broad SMARTS) is 2. The smallest absolute Gasteiger partial charge is 0.322 e. The molecule has 0 saturated heterocycles. The summed E-state index contributed by atoms with van der Waals surface area (Å²) in [5, 5.41) is 24.6. The Morgan fingerprint density at radius 2 is 1.52 bits per heavy atom. The van der Waals surface area contributed by atoms with Crippen molar-refractivity contribution in [2.45, 2.75) is 44.8 Å². The van der Waals surface area contributed by atoms with Crippen LogP contribution in [0.15, 0.2) is 30.3 Å². The van der Waals surface area contributed by atoms with Crippen LogP contribution < -0.4 is 21.7 Å². The van der Waals surface area contributed by atoms with Gasteiger partial charge in [0.2, 0.25) is 17.7 Å². The molecule has 11 nitrogen and oxygen atoms in total. The summed E-state index contributed by atoms with van der Waals surface area (Å²) < 4.78 is 0. The average Bonchev–Trinajstić information content (AvgIpc) is 2.69. The minimum Gasteiger partial charge on any atom is -0.481 e. The molecule has 0 fully saturated rings. The molecule has 1 rings (SSSR count). The lowest BCUT2D eigenvalue weighted by molar-refractivity contribution is -0.142. The maximum Gasteiger partial charge on any atom is 0.322 e. The number of hydrogen-bond acceptors (Lipinski definition) is 6. The lowest BCUT2D eigenvalue weighted by Crippen LogP contribution is -2.57. The second kappa shape index (κ2) is 12.3. The van der Waals surface area contributed by atoms with Crippen molar-refractivity contribution in [3.63, 3.8) is 0 Å². The van der Waals surface area contributed by atoms with Crippen LogP contribution in [0.3, 0.4) is 0 Å². The van der Waals surface area contributed by atoms with Gasteiger partial charge in [0, 0.05) is 0 Å². The van der Waals surface area contributed by atoms with E-state index >= 15 is 0 Å². The Morgan fingerprint density at radius 3 is 2.03 bits per heavy atom. The van der Waals surface area contributed by atoms with Crippen LogP contribution in [0, 0.1) is 5.92 Å². The first-order chi connectivity index (χ1) is 14.5. The first-order valence-corrected chi connectivity index (χ1v) is 9.62. The fourth-order valence-electron chi connectivity index (χ4n) is 2.68. The van der Waals surface area contributed by atoms with E-state index in [1.54, 1.807) is 44.2 Å². The highest BCUT2D eigenvalue weighted by molar-refractivity contribution is 5.95. The molecule has 0 aliphatic heterocycles. The van der Waals surface area contributed by atoms with Gasteiger partial charge >= 0.3 is 11.9 Å². The molecule has 3 amide bonds. The first kappa shape index (κ1) is 25.6. The van der Waals surface area contributed by atoms with Gasteiger partial charge in [0.15, 0.2) is 0 Å². The molecule has 1 aromatic carbocycles. The van der Waals surface area contributed by atoms with Gasteiger partial charge in [-0.2, -0.15) is 0 Å². The highest BCUT2D eigenvalue weighted by Crippen LogP contribution is 2.06. The van der Waals surface area contributed by atoms with Crippen molar-refractivity contribution in [1.29, 1.82) is 0 Å². The number of rotatable bonds is 12. The number of nitrogens with two attached hydrogens (primary N) is 1. The lowest BCUT2D eigenvalue weighted by atomic mass is 10.0. The molecule has 3 atom stereocenters. The van der Waals surface area contributed by atoms with Crippen LogP contribution in [0.4, 0.5) is 0 Å². The van der Waals surface area contributed by atoms with Gasteiger partial charge in [0.25, 0.3) is 0 Å². The predicted octanol–water partition coefficient (Wildman–Crippen LogP) is -1.14. The number of nitrogens with one attached hydrogen (secondary N) is 3. The third-order valence-corrected chi connectivity index (χ3v) is 4.31. The topological polar surface area (TPSA) is 188 Å². The molecule has 11 heteroatoms. The summed E-state index contributed by atoms with van der Waals surface area (Å²) in [6.45, 7) is 2.60. The van der Waals surface area contributed by atoms with E-state index in [0.717, 1.165) is 5.56 Å². The standard InChI is InChI=1S/C20H28N4O7/c1-11(2)17(20(31)22-10-16(27)28)24-19(30)14(9-15(25)26)23-18(29)13(21)8-12-6-4-3-5-7-12/h3-7,11,13-14,17H,8-10,21H2,1-2H3,(H,22,31)(H,23,29)(H,24,30)(H,25,26)(H,27,28). The molecular formula is C20H28N4O7. The summed E-state index contributed by atoms with van der Waals surface area (Å²) in [5.74, 6) is -5.39. The SMILES string of the molecule is CC(C)C(NC(=O)C(CC(=O)O)NC(=O)C(N)Cc1ccccc1)C(=O)NCC(=O)O. The minimum absolute atomic E-state index is 0.181. The third kappa shape index (κ3) is 9.26.